The van der Waals surface area contributed by atoms with Crippen LogP contribution in [0.1, 0.15) is 128 Å². The first-order chi connectivity index (χ1) is 18.8. The highest BCUT2D eigenvalue weighted by molar-refractivity contribution is 5.59. The normalized spacial score (nSPS) is 17.6. The minimum atomic E-state index is -0.0659. The molecule has 0 unspecified atom stereocenters. The predicted molar refractivity (Wildman–Crippen MR) is 161 cm³/mol. The Labute approximate surface area is 234 Å². The van der Waals surface area contributed by atoms with Crippen molar-refractivity contribution >= 4 is 0 Å². The first kappa shape index (κ1) is 30.8. The molecule has 212 valence electrons. The summed E-state index contributed by atoms with van der Waals surface area (Å²) in [4.78, 5) is 4.75. The van der Waals surface area contributed by atoms with E-state index in [0.717, 1.165) is 31.7 Å². The molecule has 3 nitrogen and oxygen atoms in total. The highest BCUT2D eigenvalue weighted by Gasteiger charge is 2.21. The van der Waals surface area contributed by atoms with Crippen LogP contribution in [0, 0.1) is 5.92 Å². The summed E-state index contributed by atoms with van der Waals surface area (Å²) in [5, 5.41) is 0. The Kier molecular flexibility index (Phi) is 15.7. The summed E-state index contributed by atoms with van der Waals surface area (Å²) in [5.74, 6) is 0.574. The van der Waals surface area contributed by atoms with Gasteiger partial charge in [-0.3, -0.25) is 4.98 Å². The van der Waals surface area contributed by atoms with E-state index in [-0.39, 0.29) is 6.29 Å². The number of aryl methyl sites for hydroxylation is 2. The van der Waals surface area contributed by atoms with Crippen LogP contribution in [0.5, 0.6) is 0 Å². The van der Waals surface area contributed by atoms with E-state index in [0.29, 0.717) is 5.92 Å². The maximum absolute atomic E-state index is 6.04. The van der Waals surface area contributed by atoms with E-state index in [1.165, 1.54) is 119 Å². The van der Waals surface area contributed by atoms with Crippen molar-refractivity contribution in [2.24, 2.45) is 5.92 Å². The molecule has 1 aliphatic rings. The number of nitrogens with zero attached hydrogens (tertiary/aromatic N) is 1. The third-order valence-corrected chi connectivity index (χ3v) is 8.06. The largest absolute Gasteiger partial charge is 0.352 e. The monoisotopic (exact) mass is 521 g/mol. The van der Waals surface area contributed by atoms with Crippen LogP contribution in [0.15, 0.2) is 42.6 Å². The Morgan fingerprint density at radius 2 is 1.18 bits per heavy atom. The Morgan fingerprint density at radius 1 is 0.605 bits per heavy atom. The van der Waals surface area contributed by atoms with Gasteiger partial charge in [-0.15, -0.1) is 0 Å². The summed E-state index contributed by atoms with van der Waals surface area (Å²) in [5.41, 5.74) is 4.94. The highest BCUT2D eigenvalue weighted by atomic mass is 16.7. The van der Waals surface area contributed by atoms with Crippen molar-refractivity contribution in [2.45, 2.75) is 136 Å². The third kappa shape index (κ3) is 12.4. The van der Waals surface area contributed by atoms with Gasteiger partial charge < -0.3 is 9.47 Å². The van der Waals surface area contributed by atoms with Crippen LogP contribution in [-0.2, 0) is 22.3 Å². The van der Waals surface area contributed by atoms with E-state index in [1.54, 1.807) is 0 Å². The molecule has 3 rings (SSSR count). The van der Waals surface area contributed by atoms with Crippen LogP contribution in [0.25, 0.3) is 11.3 Å². The SMILES string of the molecule is CCCCCCCCCc1ccc(-c2ccc(CCC3OCC(CCCCCCCCC)CO3)cn2)cc1. The van der Waals surface area contributed by atoms with Crippen molar-refractivity contribution in [1.29, 1.82) is 0 Å². The van der Waals surface area contributed by atoms with E-state index in [2.05, 4.69) is 50.2 Å². The zero-order valence-corrected chi connectivity index (χ0v) is 24.6. The van der Waals surface area contributed by atoms with Gasteiger partial charge in [0.05, 0.1) is 18.9 Å². The van der Waals surface area contributed by atoms with Crippen molar-refractivity contribution < 1.29 is 9.47 Å². The van der Waals surface area contributed by atoms with Gasteiger partial charge in [0.15, 0.2) is 6.29 Å². The first-order valence-electron chi connectivity index (χ1n) is 16.1. The molecule has 0 radical (unpaired) electrons. The molecule has 1 saturated heterocycles. The molecule has 2 heterocycles. The lowest BCUT2D eigenvalue weighted by Gasteiger charge is -2.29. The second-order valence-electron chi connectivity index (χ2n) is 11.5. The Morgan fingerprint density at radius 3 is 1.79 bits per heavy atom. The molecule has 1 aliphatic heterocycles. The highest BCUT2D eigenvalue weighted by Crippen LogP contribution is 2.22. The van der Waals surface area contributed by atoms with E-state index < -0.39 is 0 Å². The van der Waals surface area contributed by atoms with Crippen LogP contribution >= 0.6 is 0 Å². The molecular formula is C35H55NO2. The van der Waals surface area contributed by atoms with Crippen LogP contribution < -0.4 is 0 Å². The topological polar surface area (TPSA) is 31.4 Å². The maximum Gasteiger partial charge on any atom is 0.157 e. The average Bonchev–Trinajstić information content (AvgIpc) is 2.96. The Bertz CT molecular complexity index is 824. The van der Waals surface area contributed by atoms with Crippen molar-refractivity contribution in [1.82, 2.24) is 4.98 Å². The summed E-state index contributed by atoms with van der Waals surface area (Å²) in [6, 6.07) is 13.4. The number of hydrogen-bond acceptors (Lipinski definition) is 3. The lowest BCUT2D eigenvalue weighted by atomic mass is 10.0. The molecule has 1 fully saturated rings. The molecule has 0 saturated carbocycles. The zero-order chi connectivity index (χ0) is 26.7. The molecule has 0 bridgehead atoms. The smallest absolute Gasteiger partial charge is 0.157 e. The maximum atomic E-state index is 6.04. The van der Waals surface area contributed by atoms with Crippen molar-refractivity contribution in [2.75, 3.05) is 13.2 Å². The number of hydrogen-bond donors (Lipinski definition) is 0. The van der Waals surface area contributed by atoms with Crippen LogP contribution in [-0.4, -0.2) is 24.5 Å². The molecule has 2 aromatic rings. The molecule has 1 aromatic heterocycles. The zero-order valence-electron chi connectivity index (χ0n) is 24.6. The van der Waals surface area contributed by atoms with Crippen LogP contribution in [0.4, 0.5) is 0 Å². The van der Waals surface area contributed by atoms with Gasteiger partial charge in [0.2, 0.25) is 0 Å². The number of benzene rings is 1. The van der Waals surface area contributed by atoms with Gasteiger partial charge in [-0.2, -0.15) is 0 Å². The number of unbranched alkanes of at least 4 members (excludes halogenated alkanes) is 12. The van der Waals surface area contributed by atoms with E-state index >= 15 is 0 Å². The van der Waals surface area contributed by atoms with Crippen LogP contribution in [0.3, 0.4) is 0 Å². The molecule has 38 heavy (non-hydrogen) atoms. The van der Waals surface area contributed by atoms with Gasteiger partial charge >= 0.3 is 0 Å². The molecule has 1 aromatic carbocycles. The van der Waals surface area contributed by atoms with Crippen LogP contribution in [0.2, 0.25) is 0 Å². The third-order valence-electron chi connectivity index (χ3n) is 8.06. The Hall–Kier alpha value is -1.71. The number of aromatic nitrogens is 1. The summed E-state index contributed by atoms with van der Waals surface area (Å²) in [6.45, 7) is 6.27. The number of ether oxygens (including phenoxy) is 2. The van der Waals surface area contributed by atoms with Gasteiger partial charge in [0, 0.05) is 24.1 Å². The lowest BCUT2D eigenvalue weighted by molar-refractivity contribution is -0.203. The van der Waals surface area contributed by atoms with Crippen molar-refractivity contribution in [3.05, 3.63) is 53.7 Å². The second-order valence-corrected chi connectivity index (χ2v) is 11.5. The molecule has 0 spiro atoms. The fourth-order valence-corrected chi connectivity index (χ4v) is 5.46. The fraction of sp³-hybridized carbons (Fsp3) is 0.686. The Balaban J connectivity index is 1.27. The van der Waals surface area contributed by atoms with Gasteiger partial charge in [-0.1, -0.05) is 128 Å². The van der Waals surface area contributed by atoms with E-state index in [9.17, 15) is 0 Å². The van der Waals surface area contributed by atoms with E-state index in [4.69, 9.17) is 14.5 Å². The summed E-state index contributed by atoms with van der Waals surface area (Å²) in [6.07, 6.45) is 25.3. The molecule has 3 heteroatoms. The van der Waals surface area contributed by atoms with Gasteiger partial charge in [-0.05, 0) is 42.9 Å². The summed E-state index contributed by atoms with van der Waals surface area (Å²) >= 11 is 0. The number of pyridine rings is 1. The minimum Gasteiger partial charge on any atom is -0.352 e. The standard InChI is InChI=1S/C35H55NO2/c1-3-5-7-9-11-13-15-17-30-19-23-33(24-20-30)34-25-21-31(27-36-34)22-26-35-37-28-32(29-38-35)18-16-14-12-10-8-6-4-2/h19-21,23-25,27,32,35H,3-18,22,26,28-29H2,1-2H3. The molecule has 0 atom stereocenters. The van der Waals surface area contributed by atoms with Gasteiger partial charge in [0.1, 0.15) is 0 Å². The number of rotatable bonds is 20. The average molecular weight is 522 g/mol. The van der Waals surface area contributed by atoms with Crippen molar-refractivity contribution in [3.63, 3.8) is 0 Å². The predicted octanol–water partition coefficient (Wildman–Crippen LogP) is 10.1. The van der Waals surface area contributed by atoms with Gasteiger partial charge in [-0.25, -0.2) is 0 Å². The quantitative estimate of drug-likeness (QED) is 0.162. The van der Waals surface area contributed by atoms with Crippen molar-refractivity contribution in [3.8, 4) is 11.3 Å². The second kappa shape index (κ2) is 19.4. The van der Waals surface area contributed by atoms with Gasteiger partial charge in [0.25, 0.3) is 0 Å². The minimum absolute atomic E-state index is 0.0659. The summed E-state index contributed by atoms with van der Waals surface area (Å²) < 4.78 is 12.1. The van der Waals surface area contributed by atoms with E-state index in [1.807, 2.05) is 6.20 Å². The molecule has 0 N–H and O–H groups in total. The lowest BCUT2D eigenvalue weighted by Crippen LogP contribution is -2.32. The molecular weight excluding hydrogens is 466 g/mol. The molecule has 0 amide bonds. The first-order valence-corrected chi connectivity index (χ1v) is 16.1. The fourth-order valence-electron chi connectivity index (χ4n) is 5.46. The molecule has 0 aliphatic carbocycles. The summed E-state index contributed by atoms with van der Waals surface area (Å²) in [7, 11) is 0.